The van der Waals surface area contributed by atoms with Crippen LogP contribution in [0.2, 0.25) is 0 Å². The monoisotopic (exact) mass is 390 g/mol. The van der Waals surface area contributed by atoms with E-state index in [-0.39, 0.29) is 29.1 Å². The number of hydrogen-bond acceptors (Lipinski definition) is 5. The summed E-state index contributed by atoms with van der Waals surface area (Å²) in [5.41, 5.74) is -0.0285. The van der Waals surface area contributed by atoms with Crippen LogP contribution in [0.1, 0.15) is 28.3 Å². The van der Waals surface area contributed by atoms with E-state index >= 15 is 0 Å². The van der Waals surface area contributed by atoms with Gasteiger partial charge in [0.2, 0.25) is 0 Å². The Morgan fingerprint density at radius 3 is 2.67 bits per heavy atom. The normalized spacial score (nSPS) is 11.6. The predicted molar refractivity (Wildman–Crippen MR) is 79.0 cm³/mol. The second kappa shape index (κ2) is 7.17. The van der Waals surface area contributed by atoms with Crippen molar-refractivity contribution in [1.29, 1.82) is 0 Å². The average Bonchev–Trinajstić information content (AvgIpc) is 3.11. The molecule has 0 spiro atoms. The van der Waals surface area contributed by atoms with Gasteiger partial charge in [-0.3, -0.25) is 9.36 Å². The van der Waals surface area contributed by atoms with E-state index in [4.69, 9.17) is 0 Å². The third-order valence-corrected chi connectivity index (χ3v) is 3.52. The third-order valence-electron chi connectivity index (χ3n) is 3.52. The van der Waals surface area contributed by atoms with E-state index in [2.05, 4.69) is 25.2 Å². The van der Waals surface area contributed by atoms with Crippen molar-refractivity contribution in [2.45, 2.75) is 26.6 Å². The first-order valence-corrected chi connectivity index (χ1v) is 7.36. The Hall–Kier alpha value is -3.25. The highest BCUT2D eigenvalue weighted by Crippen LogP contribution is 2.21. The molecule has 0 aromatic carbocycles. The third kappa shape index (κ3) is 3.66. The molecular formula is C14H11F5N6O2. The number of amides is 1. The van der Waals surface area contributed by atoms with E-state index in [0.717, 1.165) is 10.8 Å². The Morgan fingerprint density at radius 2 is 2.04 bits per heavy atom. The van der Waals surface area contributed by atoms with Crippen molar-refractivity contribution in [2.24, 2.45) is 0 Å². The van der Waals surface area contributed by atoms with Crippen LogP contribution in [0.4, 0.5) is 22.0 Å². The second-order valence-corrected chi connectivity index (χ2v) is 5.25. The van der Waals surface area contributed by atoms with Crippen molar-refractivity contribution >= 4 is 11.6 Å². The number of rotatable bonds is 6. The first-order valence-electron chi connectivity index (χ1n) is 7.36. The van der Waals surface area contributed by atoms with Gasteiger partial charge < -0.3 is 10.1 Å². The maximum absolute atomic E-state index is 13.6. The lowest BCUT2D eigenvalue weighted by Gasteiger charge is -2.08. The van der Waals surface area contributed by atoms with Crippen LogP contribution in [0, 0.1) is 12.7 Å². The van der Waals surface area contributed by atoms with E-state index in [0.29, 0.717) is 10.6 Å². The molecule has 0 aliphatic heterocycles. The van der Waals surface area contributed by atoms with Crippen LogP contribution in [0.25, 0.3) is 5.65 Å². The lowest BCUT2D eigenvalue weighted by molar-refractivity contribution is -0.0553. The largest absolute Gasteiger partial charge is 0.414 e. The maximum atomic E-state index is 13.6. The maximum Gasteiger partial charge on any atom is 0.388 e. The van der Waals surface area contributed by atoms with Crippen molar-refractivity contribution in [1.82, 2.24) is 29.7 Å². The molecule has 3 aromatic heterocycles. The van der Waals surface area contributed by atoms with Gasteiger partial charge in [-0.05, 0) is 13.0 Å². The van der Waals surface area contributed by atoms with Crippen LogP contribution in [0.15, 0.2) is 18.5 Å². The number of nitrogens with zero attached hydrogens (tertiary/aromatic N) is 5. The minimum absolute atomic E-state index is 0.00668. The van der Waals surface area contributed by atoms with Gasteiger partial charge in [0.15, 0.2) is 11.5 Å². The number of carbonyl (C=O) groups excluding carboxylic acids is 1. The summed E-state index contributed by atoms with van der Waals surface area (Å²) < 4.78 is 69.6. The molecule has 8 nitrogen and oxygen atoms in total. The molecule has 27 heavy (non-hydrogen) atoms. The molecule has 1 amide bonds. The van der Waals surface area contributed by atoms with Crippen molar-refractivity contribution in [3.8, 4) is 5.88 Å². The molecule has 0 atom stereocenters. The molecule has 13 heteroatoms. The van der Waals surface area contributed by atoms with Gasteiger partial charge in [0, 0.05) is 18.3 Å². The van der Waals surface area contributed by atoms with E-state index in [1.54, 1.807) is 0 Å². The molecular weight excluding hydrogens is 379 g/mol. The second-order valence-electron chi connectivity index (χ2n) is 5.25. The fourth-order valence-electron chi connectivity index (χ4n) is 2.38. The average molecular weight is 390 g/mol. The fourth-order valence-corrected chi connectivity index (χ4v) is 2.38. The molecule has 0 fully saturated rings. The molecule has 1 N–H and O–H groups in total. The number of alkyl halides is 4. The highest BCUT2D eigenvalue weighted by atomic mass is 19.3. The lowest BCUT2D eigenvalue weighted by atomic mass is 10.2. The van der Waals surface area contributed by atoms with Crippen molar-refractivity contribution in [3.05, 3.63) is 41.2 Å². The number of aryl methyl sites for hydroxylation is 1. The summed E-state index contributed by atoms with van der Waals surface area (Å²) in [5, 5.41) is 10.0. The van der Waals surface area contributed by atoms with Crippen LogP contribution in [-0.2, 0) is 6.54 Å². The number of nitrogens with one attached hydrogen (secondary N) is 1. The molecule has 0 aliphatic carbocycles. The molecule has 3 rings (SSSR count). The molecule has 3 aromatic rings. The number of aromatic nitrogens is 5. The number of ether oxygens (including phenoxy) is 1. The zero-order chi connectivity index (χ0) is 19.7. The summed E-state index contributed by atoms with van der Waals surface area (Å²) in [4.78, 5) is 15.4. The van der Waals surface area contributed by atoms with Crippen molar-refractivity contribution in [2.75, 3.05) is 0 Å². The van der Waals surface area contributed by atoms with Gasteiger partial charge in [-0.25, -0.2) is 9.37 Å². The Balaban J connectivity index is 1.76. The Bertz CT molecular complexity index is 986. The molecule has 3 heterocycles. The fraction of sp³-hybridized carbons (Fsp3) is 0.286. The number of hydrogen-bond donors (Lipinski definition) is 1. The van der Waals surface area contributed by atoms with Crippen LogP contribution in [0.3, 0.4) is 0 Å². The van der Waals surface area contributed by atoms with E-state index in [9.17, 15) is 26.7 Å². The SMILES string of the molecule is Cc1nn2ncc(CNC(=O)c3cnc(OC(F)F)c(F)c3)c2n1C(F)F. The highest BCUT2D eigenvalue weighted by molar-refractivity contribution is 5.94. The topological polar surface area (TPSA) is 86.3 Å². The summed E-state index contributed by atoms with van der Waals surface area (Å²) >= 11 is 0. The lowest BCUT2D eigenvalue weighted by Crippen LogP contribution is -2.23. The summed E-state index contributed by atoms with van der Waals surface area (Å²) in [7, 11) is 0. The Kier molecular flexibility index (Phi) is 4.92. The number of carbonyl (C=O) groups is 1. The summed E-state index contributed by atoms with van der Waals surface area (Å²) in [6.45, 7) is -4.96. The van der Waals surface area contributed by atoms with Gasteiger partial charge in [0.25, 0.3) is 11.8 Å². The van der Waals surface area contributed by atoms with E-state index in [1.165, 1.54) is 13.1 Å². The van der Waals surface area contributed by atoms with Crippen molar-refractivity contribution < 1.29 is 31.5 Å². The van der Waals surface area contributed by atoms with Crippen molar-refractivity contribution in [3.63, 3.8) is 0 Å². The van der Waals surface area contributed by atoms with Gasteiger partial charge in [-0.1, -0.05) is 0 Å². The highest BCUT2D eigenvalue weighted by Gasteiger charge is 2.20. The van der Waals surface area contributed by atoms with Gasteiger partial charge in [-0.15, -0.1) is 9.73 Å². The zero-order valence-corrected chi connectivity index (χ0v) is 13.5. The first-order chi connectivity index (χ1) is 12.8. The van der Waals surface area contributed by atoms with Gasteiger partial charge in [-0.2, -0.15) is 22.7 Å². The van der Waals surface area contributed by atoms with Crippen LogP contribution < -0.4 is 10.1 Å². The first kappa shape index (κ1) is 18.5. The Labute approximate surface area is 147 Å². The smallest absolute Gasteiger partial charge is 0.388 e. The van der Waals surface area contributed by atoms with Gasteiger partial charge in [0.1, 0.15) is 5.82 Å². The van der Waals surface area contributed by atoms with Gasteiger partial charge >= 0.3 is 13.2 Å². The van der Waals surface area contributed by atoms with Gasteiger partial charge in [0.05, 0.1) is 11.8 Å². The molecule has 144 valence electrons. The van der Waals surface area contributed by atoms with E-state index < -0.39 is 30.8 Å². The molecule has 0 aliphatic rings. The van der Waals surface area contributed by atoms with Crippen LogP contribution >= 0.6 is 0 Å². The van der Waals surface area contributed by atoms with E-state index in [1.807, 2.05) is 0 Å². The molecule has 0 bridgehead atoms. The summed E-state index contributed by atoms with van der Waals surface area (Å²) in [5.74, 6) is -2.97. The predicted octanol–water partition coefficient (Wildman–Crippen LogP) is 2.30. The van der Waals surface area contributed by atoms with Crippen LogP contribution in [0.5, 0.6) is 5.88 Å². The van der Waals surface area contributed by atoms with Crippen LogP contribution in [-0.4, -0.2) is 36.9 Å². The standard InChI is InChI=1S/C14H11F5N6O2/c1-6-23-25-12(24(6)13(16)17)8(5-22-25)4-20-10(26)7-2-9(15)11(21-3-7)27-14(18)19/h2-3,5,13-14H,4H2,1H3,(H,20,26). The zero-order valence-electron chi connectivity index (χ0n) is 13.5. The molecule has 0 saturated carbocycles. The summed E-state index contributed by atoms with van der Waals surface area (Å²) in [6, 6.07) is 0.668. The Morgan fingerprint density at radius 1 is 1.30 bits per heavy atom. The molecule has 0 saturated heterocycles. The molecule has 0 unspecified atom stereocenters. The number of halogens is 5. The minimum atomic E-state index is -3.26. The minimum Gasteiger partial charge on any atom is -0.414 e. The quantitative estimate of drug-likeness (QED) is 0.653. The number of pyridine rings is 1. The molecule has 0 radical (unpaired) electrons. The number of fused-ring (bicyclic) bond motifs is 1. The summed E-state index contributed by atoms with van der Waals surface area (Å²) in [6.07, 6.45) is 2.09.